The summed E-state index contributed by atoms with van der Waals surface area (Å²) in [6.45, 7) is -0.403. The molecule has 8 nitrogen and oxygen atoms in total. The summed E-state index contributed by atoms with van der Waals surface area (Å²) in [7, 11) is 1.34. The minimum absolute atomic E-state index is 0.0659. The van der Waals surface area contributed by atoms with Gasteiger partial charge in [0.1, 0.15) is 6.54 Å². The number of hydrogen-bond donors (Lipinski definition) is 2. The second kappa shape index (κ2) is 6.42. The van der Waals surface area contributed by atoms with Crippen molar-refractivity contribution in [2.45, 2.75) is 12.7 Å². The summed E-state index contributed by atoms with van der Waals surface area (Å²) in [5.41, 5.74) is -0.735. The van der Waals surface area contributed by atoms with Gasteiger partial charge in [-0.2, -0.15) is 18.0 Å². The van der Waals surface area contributed by atoms with Crippen molar-refractivity contribution in [3.05, 3.63) is 29.8 Å². The van der Waals surface area contributed by atoms with Gasteiger partial charge in [-0.3, -0.25) is 10.1 Å². The molecule has 2 rings (SSSR count). The summed E-state index contributed by atoms with van der Waals surface area (Å²) in [4.78, 5) is 23.3. The van der Waals surface area contributed by atoms with Crippen LogP contribution in [0.25, 0.3) is 11.4 Å². The lowest BCUT2D eigenvalue weighted by Gasteiger charge is -2.06. The van der Waals surface area contributed by atoms with E-state index in [0.717, 1.165) is 16.9 Å². The van der Waals surface area contributed by atoms with Crippen LogP contribution in [0.5, 0.6) is 0 Å². The third-order valence-corrected chi connectivity index (χ3v) is 2.67. The van der Waals surface area contributed by atoms with Gasteiger partial charge in [0.05, 0.1) is 5.56 Å². The second-order valence-electron chi connectivity index (χ2n) is 4.35. The molecular weight excluding hydrogens is 317 g/mol. The van der Waals surface area contributed by atoms with Gasteiger partial charge >= 0.3 is 12.2 Å². The highest BCUT2D eigenvalue weighted by molar-refractivity contribution is 5.93. The Bertz CT molecular complexity index is 728. The topological polar surface area (TPSA) is 102 Å². The largest absolute Gasteiger partial charge is 0.416 e. The lowest BCUT2D eigenvalue weighted by atomic mass is 10.1. The molecule has 0 aliphatic carbocycles. The number of imide groups is 1. The molecule has 2 aromatic rings. The van der Waals surface area contributed by atoms with E-state index >= 15 is 0 Å². The van der Waals surface area contributed by atoms with Crippen molar-refractivity contribution in [3.8, 4) is 11.4 Å². The summed E-state index contributed by atoms with van der Waals surface area (Å²) < 4.78 is 38.0. The number of halogens is 3. The first-order valence-electron chi connectivity index (χ1n) is 6.26. The van der Waals surface area contributed by atoms with Crippen LogP contribution in [0.15, 0.2) is 24.3 Å². The van der Waals surface area contributed by atoms with Crippen LogP contribution in [0.3, 0.4) is 0 Å². The molecule has 0 spiro atoms. The van der Waals surface area contributed by atoms with E-state index in [0.29, 0.717) is 0 Å². The number of nitrogens with zero attached hydrogens (tertiary/aromatic N) is 4. The first-order valence-corrected chi connectivity index (χ1v) is 6.26. The van der Waals surface area contributed by atoms with Crippen LogP contribution in [-0.4, -0.2) is 39.2 Å². The highest BCUT2D eigenvalue weighted by Gasteiger charge is 2.30. The number of nitrogens with one attached hydrogen (secondary N) is 2. The molecule has 1 aromatic heterocycles. The van der Waals surface area contributed by atoms with E-state index < -0.39 is 30.2 Å². The first-order chi connectivity index (χ1) is 10.8. The van der Waals surface area contributed by atoms with Crippen molar-refractivity contribution in [2.24, 2.45) is 0 Å². The van der Waals surface area contributed by atoms with Gasteiger partial charge in [0.2, 0.25) is 5.82 Å². The van der Waals surface area contributed by atoms with Gasteiger partial charge < -0.3 is 5.32 Å². The third kappa shape index (κ3) is 4.25. The molecule has 1 heterocycles. The molecule has 0 saturated heterocycles. The first kappa shape index (κ1) is 16.4. The number of benzene rings is 1. The zero-order valence-electron chi connectivity index (χ0n) is 11.8. The molecule has 2 N–H and O–H groups in total. The zero-order chi connectivity index (χ0) is 17.0. The summed E-state index contributed by atoms with van der Waals surface area (Å²) in [5.74, 6) is -0.763. The third-order valence-electron chi connectivity index (χ3n) is 2.67. The van der Waals surface area contributed by atoms with Crippen molar-refractivity contribution < 1.29 is 22.8 Å². The average molecular weight is 328 g/mol. The number of carbonyl (C=O) groups excluding carboxylic acids is 2. The lowest BCUT2D eigenvalue weighted by Crippen LogP contribution is -2.39. The van der Waals surface area contributed by atoms with Crippen LogP contribution >= 0.6 is 0 Å². The van der Waals surface area contributed by atoms with Crippen molar-refractivity contribution >= 4 is 11.9 Å². The van der Waals surface area contributed by atoms with Crippen LogP contribution < -0.4 is 10.6 Å². The van der Waals surface area contributed by atoms with Crippen LogP contribution in [-0.2, 0) is 17.5 Å². The number of rotatable bonds is 3. The van der Waals surface area contributed by atoms with Crippen molar-refractivity contribution in [2.75, 3.05) is 7.05 Å². The molecule has 0 fully saturated rings. The molecule has 23 heavy (non-hydrogen) atoms. The fourth-order valence-corrected chi connectivity index (χ4v) is 1.62. The number of hydrogen-bond acceptors (Lipinski definition) is 5. The number of amides is 3. The van der Waals surface area contributed by atoms with E-state index in [2.05, 4.69) is 20.7 Å². The van der Waals surface area contributed by atoms with Crippen molar-refractivity contribution in [1.29, 1.82) is 0 Å². The van der Waals surface area contributed by atoms with Gasteiger partial charge in [0, 0.05) is 12.6 Å². The van der Waals surface area contributed by atoms with E-state index in [9.17, 15) is 22.8 Å². The Morgan fingerprint density at radius 2 is 2.04 bits per heavy atom. The molecule has 0 aliphatic rings. The summed E-state index contributed by atoms with van der Waals surface area (Å²) in [5, 5.41) is 15.1. The Labute approximate surface area is 127 Å². The molecule has 0 saturated carbocycles. The van der Waals surface area contributed by atoms with E-state index in [1.807, 2.05) is 5.32 Å². The summed E-state index contributed by atoms with van der Waals surface area (Å²) >= 11 is 0. The Morgan fingerprint density at radius 1 is 1.30 bits per heavy atom. The normalized spacial score (nSPS) is 11.1. The Balaban J connectivity index is 2.13. The summed E-state index contributed by atoms with van der Waals surface area (Å²) in [6, 6.07) is 3.71. The van der Waals surface area contributed by atoms with Crippen LogP contribution in [0.1, 0.15) is 5.56 Å². The fraction of sp³-hybridized carbons (Fsp3) is 0.250. The Kier molecular flexibility index (Phi) is 4.57. The molecule has 11 heteroatoms. The van der Waals surface area contributed by atoms with E-state index in [-0.39, 0.29) is 11.4 Å². The molecule has 0 bridgehead atoms. The Hall–Kier alpha value is -2.98. The van der Waals surface area contributed by atoms with Crippen LogP contribution in [0.2, 0.25) is 0 Å². The fourth-order valence-electron chi connectivity index (χ4n) is 1.62. The zero-order valence-corrected chi connectivity index (χ0v) is 11.8. The van der Waals surface area contributed by atoms with Gasteiger partial charge in [0.25, 0.3) is 5.91 Å². The van der Waals surface area contributed by atoms with E-state index in [4.69, 9.17) is 0 Å². The number of carbonyl (C=O) groups is 2. The minimum atomic E-state index is -4.49. The molecule has 0 aliphatic heterocycles. The van der Waals surface area contributed by atoms with Gasteiger partial charge in [0.15, 0.2) is 0 Å². The van der Waals surface area contributed by atoms with Gasteiger partial charge in [-0.1, -0.05) is 12.1 Å². The molecule has 1 aromatic carbocycles. The smallest absolute Gasteiger partial charge is 0.341 e. The average Bonchev–Trinajstić information content (AvgIpc) is 2.94. The van der Waals surface area contributed by atoms with E-state index in [1.54, 1.807) is 0 Å². The van der Waals surface area contributed by atoms with E-state index in [1.165, 1.54) is 19.2 Å². The maximum Gasteiger partial charge on any atom is 0.416 e. The number of tetrazole rings is 1. The summed E-state index contributed by atoms with van der Waals surface area (Å²) in [6.07, 6.45) is -4.49. The molecule has 3 amide bonds. The van der Waals surface area contributed by atoms with Crippen LogP contribution in [0, 0.1) is 0 Å². The predicted molar refractivity (Wildman–Crippen MR) is 70.9 cm³/mol. The maximum atomic E-state index is 12.7. The van der Waals surface area contributed by atoms with Gasteiger partial charge in [-0.05, 0) is 17.3 Å². The van der Waals surface area contributed by atoms with Gasteiger partial charge in [-0.25, -0.2) is 4.79 Å². The highest BCUT2D eigenvalue weighted by atomic mass is 19.4. The van der Waals surface area contributed by atoms with Crippen LogP contribution in [0.4, 0.5) is 18.0 Å². The SMILES string of the molecule is CNC(=O)NC(=O)Cn1nnc(-c2cccc(C(F)(F)F)c2)n1. The maximum absolute atomic E-state index is 12.7. The quantitative estimate of drug-likeness (QED) is 0.868. The van der Waals surface area contributed by atoms with Crippen molar-refractivity contribution in [1.82, 2.24) is 30.8 Å². The molecular formula is C12H11F3N6O2. The number of aromatic nitrogens is 4. The van der Waals surface area contributed by atoms with Crippen molar-refractivity contribution in [3.63, 3.8) is 0 Å². The number of alkyl halides is 3. The lowest BCUT2D eigenvalue weighted by molar-refractivity contribution is -0.137. The Morgan fingerprint density at radius 3 is 2.70 bits per heavy atom. The molecule has 0 radical (unpaired) electrons. The second-order valence-corrected chi connectivity index (χ2v) is 4.35. The molecule has 0 unspecified atom stereocenters. The highest BCUT2D eigenvalue weighted by Crippen LogP contribution is 2.31. The van der Waals surface area contributed by atoms with Gasteiger partial charge in [-0.15, -0.1) is 10.2 Å². The number of urea groups is 1. The standard InChI is InChI=1S/C12H11F3N6O2/c1-16-11(23)17-9(22)6-21-19-10(18-20-21)7-3-2-4-8(5-7)12(13,14)15/h2-5H,6H2,1H3,(H2,16,17,22,23). The molecule has 122 valence electrons. The minimum Gasteiger partial charge on any atom is -0.341 e. The molecule has 0 atom stereocenters. The predicted octanol–water partition coefficient (Wildman–Crippen LogP) is 0.815. The monoisotopic (exact) mass is 328 g/mol.